The molecule has 21 heavy (non-hydrogen) atoms. The highest BCUT2D eigenvalue weighted by Crippen LogP contribution is 2.17. The molecule has 0 saturated carbocycles. The molecule has 5 N–H and O–H groups in total. The van der Waals surface area contributed by atoms with Crippen LogP contribution in [0.1, 0.15) is 19.3 Å². The van der Waals surface area contributed by atoms with Gasteiger partial charge in [-0.1, -0.05) is 6.07 Å². The first-order chi connectivity index (χ1) is 9.63. The van der Waals surface area contributed by atoms with Crippen molar-refractivity contribution in [3.63, 3.8) is 0 Å². The molecule has 0 spiro atoms. The third-order valence-electron chi connectivity index (χ3n) is 3.36. The predicted octanol–water partition coefficient (Wildman–Crippen LogP) is 1.93. The fraction of sp³-hybridized carbons (Fsp3) is 0.429. The van der Waals surface area contributed by atoms with Crippen LogP contribution in [-0.2, 0) is 4.79 Å². The van der Waals surface area contributed by atoms with Gasteiger partial charge in [-0.15, -0.1) is 12.4 Å². The molecule has 0 aliphatic carbocycles. The highest BCUT2D eigenvalue weighted by molar-refractivity contribution is 5.93. The minimum absolute atomic E-state index is 0. The zero-order valence-electron chi connectivity index (χ0n) is 11.7. The van der Waals surface area contributed by atoms with Gasteiger partial charge in [0.1, 0.15) is 0 Å². The molecule has 1 unspecified atom stereocenters. The Morgan fingerprint density at radius 2 is 2.00 bits per heavy atom. The molecule has 1 atom stereocenters. The SMILES string of the molecule is Cl.NC(=O)Nc1cccc(NC(=O)CCC2CCNC2)c1. The maximum absolute atomic E-state index is 11.9. The number of hydrogen-bond acceptors (Lipinski definition) is 3. The largest absolute Gasteiger partial charge is 0.351 e. The molecule has 7 heteroatoms. The molecule has 1 heterocycles. The van der Waals surface area contributed by atoms with E-state index in [9.17, 15) is 9.59 Å². The molecule has 0 radical (unpaired) electrons. The minimum atomic E-state index is -0.623. The summed E-state index contributed by atoms with van der Waals surface area (Å²) in [7, 11) is 0. The Morgan fingerprint density at radius 3 is 2.62 bits per heavy atom. The van der Waals surface area contributed by atoms with Crippen LogP contribution < -0.4 is 21.7 Å². The van der Waals surface area contributed by atoms with Crippen LogP contribution in [0.5, 0.6) is 0 Å². The maximum Gasteiger partial charge on any atom is 0.316 e. The lowest BCUT2D eigenvalue weighted by molar-refractivity contribution is -0.116. The van der Waals surface area contributed by atoms with Gasteiger partial charge >= 0.3 is 6.03 Å². The number of benzene rings is 1. The molecule has 1 aliphatic rings. The normalized spacial score (nSPS) is 16.9. The third kappa shape index (κ3) is 6.01. The summed E-state index contributed by atoms with van der Waals surface area (Å²) in [6.45, 7) is 2.05. The Kier molecular flexibility index (Phi) is 6.98. The second-order valence-electron chi connectivity index (χ2n) is 5.02. The zero-order chi connectivity index (χ0) is 14.4. The van der Waals surface area contributed by atoms with E-state index in [2.05, 4.69) is 16.0 Å². The third-order valence-corrected chi connectivity index (χ3v) is 3.36. The molecular formula is C14H21ClN4O2. The number of rotatable bonds is 5. The van der Waals surface area contributed by atoms with Crippen LogP contribution in [0.15, 0.2) is 24.3 Å². The van der Waals surface area contributed by atoms with E-state index < -0.39 is 6.03 Å². The molecule has 1 saturated heterocycles. The molecule has 2 rings (SSSR count). The van der Waals surface area contributed by atoms with E-state index in [-0.39, 0.29) is 18.3 Å². The van der Waals surface area contributed by atoms with Crippen molar-refractivity contribution in [1.82, 2.24) is 5.32 Å². The average Bonchev–Trinajstić information content (AvgIpc) is 2.89. The highest BCUT2D eigenvalue weighted by atomic mass is 35.5. The van der Waals surface area contributed by atoms with E-state index in [4.69, 9.17) is 5.73 Å². The lowest BCUT2D eigenvalue weighted by Gasteiger charge is -2.10. The number of carbonyl (C=O) groups is 2. The van der Waals surface area contributed by atoms with Crippen LogP contribution >= 0.6 is 12.4 Å². The number of anilines is 2. The lowest BCUT2D eigenvalue weighted by Crippen LogP contribution is -2.19. The van der Waals surface area contributed by atoms with Crippen molar-refractivity contribution in [3.8, 4) is 0 Å². The van der Waals surface area contributed by atoms with Crippen molar-refractivity contribution in [3.05, 3.63) is 24.3 Å². The molecule has 1 aromatic carbocycles. The number of hydrogen-bond donors (Lipinski definition) is 4. The standard InChI is InChI=1S/C14H20N4O2.ClH/c15-14(20)18-12-3-1-2-11(8-12)17-13(19)5-4-10-6-7-16-9-10;/h1-3,8,10,16H,4-7,9H2,(H,17,19)(H3,15,18,20);1H. The molecule has 1 aromatic rings. The van der Waals surface area contributed by atoms with E-state index in [0.29, 0.717) is 23.7 Å². The first-order valence-corrected chi connectivity index (χ1v) is 6.80. The molecule has 116 valence electrons. The van der Waals surface area contributed by atoms with Gasteiger partial charge in [-0.25, -0.2) is 4.79 Å². The Morgan fingerprint density at radius 1 is 1.29 bits per heavy atom. The molecular weight excluding hydrogens is 292 g/mol. The van der Waals surface area contributed by atoms with Gasteiger partial charge < -0.3 is 21.7 Å². The Hall–Kier alpha value is -1.79. The molecule has 1 fully saturated rings. The van der Waals surface area contributed by atoms with Gasteiger partial charge in [0.05, 0.1) is 0 Å². The van der Waals surface area contributed by atoms with Crippen LogP contribution in [0.25, 0.3) is 0 Å². The number of nitrogens with one attached hydrogen (secondary N) is 3. The summed E-state index contributed by atoms with van der Waals surface area (Å²) in [5.74, 6) is 0.594. The summed E-state index contributed by atoms with van der Waals surface area (Å²) in [5, 5.41) is 8.59. The van der Waals surface area contributed by atoms with E-state index in [1.54, 1.807) is 24.3 Å². The summed E-state index contributed by atoms with van der Waals surface area (Å²) in [6.07, 6.45) is 2.56. The quantitative estimate of drug-likeness (QED) is 0.669. The zero-order valence-corrected chi connectivity index (χ0v) is 12.5. The van der Waals surface area contributed by atoms with Crippen molar-refractivity contribution in [1.29, 1.82) is 0 Å². The number of urea groups is 1. The second-order valence-corrected chi connectivity index (χ2v) is 5.02. The number of amides is 3. The van der Waals surface area contributed by atoms with Crippen LogP contribution in [0, 0.1) is 5.92 Å². The van der Waals surface area contributed by atoms with Gasteiger partial charge in [-0.3, -0.25) is 4.79 Å². The van der Waals surface area contributed by atoms with Gasteiger partial charge in [-0.2, -0.15) is 0 Å². The first kappa shape index (κ1) is 17.3. The molecule has 3 amide bonds. The van der Waals surface area contributed by atoms with Crippen LogP contribution in [0.3, 0.4) is 0 Å². The minimum Gasteiger partial charge on any atom is -0.351 e. The van der Waals surface area contributed by atoms with Gasteiger partial charge in [0.25, 0.3) is 0 Å². The lowest BCUT2D eigenvalue weighted by atomic mass is 10.0. The van der Waals surface area contributed by atoms with Gasteiger partial charge in [0.15, 0.2) is 0 Å². The predicted molar refractivity (Wildman–Crippen MR) is 85.7 cm³/mol. The van der Waals surface area contributed by atoms with Crippen LogP contribution in [0.4, 0.5) is 16.2 Å². The fourth-order valence-corrected chi connectivity index (χ4v) is 2.34. The van der Waals surface area contributed by atoms with E-state index in [1.165, 1.54) is 0 Å². The molecule has 0 aromatic heterocycles. The van der Waals surface area contributed by atoms with E-state index >= 15 is 0 Å². The van der Waals surface area contributed by atoms with Crippen LogP contribution in [0.2, 0.25) is 0 Å². The molecule has 0 bridgehead atoms. The van der Waals surface area contributed by atoms with Gasteiger partial charge in [0.2, 0.25) is 5.91 Å². The number of halogens is 1. The fourth-order valence-electron chi connectivity index (χ4n) is 2.34. The molecule has 6 nitrogen and oxygen atoms in total. The summed E-state index contributed by atoms with van der Waals surface area (Å²) in [6, 6.07) is 6.30. The number of primary amides is 1. The number of carbonyl (C=O) groups excluding carboxylic acids is 2. The van der Waals surface area contributed by atoms with Crippen molar-refractivity contribution in [2.24, 2.45) is 11.7 Å². The van der Waals surface area contributed by atoms with Crippen LogP contribution in [-0.4, -0.2) is 25.0 Å². The summed E-state index contributed by atoms with van der Waals surface area (Å²) < 4.78 is 0. The number of nitrogens with two attached hydrogens (primary N) is 1. The van der Waals surface area contributed by atoms with E-state index in [1.807, 2.05) is 0 Å². The monoisotopic (exact) mass is 312 g/mol. The Balaban J connectivity index is 0.00000220. The van der Waals surface area contributed by atoms with Crippen molar-refractivity contribution in [2.75, 3.05) is 23.7 Å². The Labute approximate surface area is 130 Å². The topological polar surface area (TPSA) is 96.2 Å². The van der Waals surface area contributed by atoms with Gasteiger partial charge in [-0.05, 0) is 50.0 Å². The van der Waals surface area contributed by atoms with E-state index in [0.717, 1.165) is 25.9 Å². The van der Waals surface area contributed by atoms with Crippen molar-refractivity contribution < 1.29 is 9.59 Å². The van der Waals surface area contributed by atoms with Gasteiger partial charge in [0, 0.05) is 17.8 Å². The van der Waals surface area contributed by atoms with Crippen molar-refractivity contribution >= 4 is 35.7 Å². The first-order valence-electron chi connectivity index (χ1n) is 6.80. The Bertz CT molecular complexity index is 490. The van der Waals surface area contributed by atoms with Crippen molar-refractivity contribution in [2.45, 2.75) is 19.3 Å². The summed E-state index contributed by atoms with van der Waals surface area (Å²) in [4.78, 5) is 22.6. The maximum atomic E-state index is 11.9. The summed E-state index contributed by atoms with van der Waals surface area (Å²) >= 11 is 0. The smallest absolute Gasteiger partial charge is 0.316 e. The average molecular weight is 313 g/mol. The summed E-state index contributed by atoms with van der Waals surface area (Å²) in [5.41, 5.74) is 6.27. The highest BCUT2D eigenvalue weighted by Gasteiger charge is 2.15. The molecule has 1 aliphatic heterocycles. The second kappa shape index (κ2) is 8.49.